The number of hydrogen-bond acceptors (Lipinski definition) is 5. The predicted octanol–water partition coefficient (Wildman–Crippen LogP) is 0.382. The summed E-state index contributed by atoms with van der Waals surface area (Å²) in [6.07, 6.45) is 0. The van der Waals surface area contributed by atoms with E-state index in [2.05, 4.69) is 20.4 Å². The first-order valence-corrected chi connectivity index (χ1v) is 4.81. The first-order valence-electron chi connectivity index (χ1n) is 4.81. The lowest BCUT2D eigenvalue weighted by Crippen LogP contribution is -2.06. The van der Waals surface area contributed by atoms with Gasteiger partial charge < -0.3 is 14.4 Å². The SMILES string of the molecule is Cc1noc(-c2nc3c(n2C)CNC3)n1. The van der Waals surface area contributed by atoms with Crippen molar-refractivity contribution in [3.05, 3.63) is 17.2 Å². The monoisotopic (exact) mass is 205 g/mol. The molecule has 6 nitrogen and oxygen atoms in total. The molecule has 0 fully saturated rings. The van der Waals surface area contributed by atoms with Crippen LogP contribution in [-0.4, -0.2) is 19.7 Å². The second-order valence-electron chi connectivity index (χ2n) is 3.64. The minimum atomic E-state index is 0.490. The fourth-order valence-electron chi connectivity index (χ4n) is 1.83. The van der Waals surface area contributed by atoms with Crippen molar-refractivity contribution in [2.75, 3.05) is 0 Å². The summed E-state index contributed by atoms with van der Waals surface area (Å²) in [5, 5.41) is 7.00. The molecule has 0 radical (unpaired) electrons. The Balaban J connectivity index is 2.13. The number of nitrogens with one attached hydrogen (secondary N) is 1. The quantitative estimate of drug-likeness (QED) is 0.729. The minimum absolute atomic E-state index is 0.490. The Labute approximate surface area is 86.3 Å². The Kier molecular flexibility index (Phi) is 1.66. The zero-order valence-electron chi connectivity index (χ0n) is 8.61. The van der Waals surface area contributed by atoms with Crippen molar-refractivity contribution in [3.8, 4) is 11.7 Å². The zero-order chi connectivity index (χ0) is 10.4. The van der Waals surface area contributed by atoms with Gasteiger partial charge in [-0.05, 0) is 6.92 Å². The van der Waals surface area contributed by atoms with Crippen molar-refractivity contribution in [1.82, 2.24) is 25.0 Å². The van der Waals surface area contributed by atoms with Crippen molar-refractivity contribution in [3.63, 3.8) is 0 Å². The molecule has 15 heavy (non-hydrogen) atoms. The van der Waals surface area contributed by atoms with Crippen LogP contribution in [0.1, 0.15) is 17.2 Å². The van der Waals surface area contributed by atoms with Crippen LogP contribution in [0, 0.1) is 6.92 Å². The number of hydrogen-bond donors (Lipinski definition) is 1. The van der Waals surface area contributed by atoms with Crippen LogP contribution in [-0.2, 0) is 20.1 Å². The van der Waals surface area contributed by atoms with E-state index in [9.17, 15) is 0 Å². The number of imidazole rings is 1. The Bertz CT molecular complexity index is 513. The van der Waals surface area contributed by atoms with Crippen molar-refractivity contribution in [2.24, 2.45) is 7.05 Å². The summed E-state index contributed by atoms with van der Waals surface area (Å²) in [5.74, 6) is 1.87. The van der Waals surface area contributed by atoms with E-state index in [1.165, 1.54) is 5.69 Å². The summed E-state index contributed by atoms with van der Waals surface area (Å²) in [6, 6.07) is 0. The van der Waals surface area contributed by atoms with Crippen molar-refractivity contribution in [1.29, 1.82) is 0 Å². The lowest BCUT2D eigenvalue weighted by atomic mass is 10.4. The van der Waals surface area contributed by atoms with E-state index in [0.29, 0.717) is 11.7 Å². The van der Waals surface area contributed by atoms with Gasteiger partial charge in [0.15, 0.2) is 11.6 Å². The summed E-state index contributed by atoms with van der Waals surface area (Å²) < 4.78 is 7.11. The molecule has 0 amide bonds. The van der Waals surface area contributed by atoms with E-state index in [-0.39, 0.29) is 0 Å². The van der Waals surface area contributed by atoms with E-state index in [4.69, 9.17) is 4.52 Å². The Morgan fingerprint density at radius 3 is 2.87 bits per heavy atom. The topological polar surface area (TPSA) is 68.8 Å². The lowest BCUT2D eigenvalue weighted by Gasteiger charge is -1.99. The van der Waals surface area contributed by atoms with Gasteiger partial charge in [-0.25, -0.2) is 4.98 Å². The number of aryl methyl sites for hydroxylation is 1. The molecule has 6 heteroatoms. The van der Waals surface area contributed by atoms with Crippen LogP contribution >= 0.6 is 0 Å². The molecule has 0 unspecified atom stereocenters. The van der Waals surface area contributed by atoms with E-state index in [1.54, 1.807) is 6.92 Å². The average molecular weight is 205 g/mol. The molecule has 0 aliphatic carbocycles. The number of nitrogens with zero attached hydrogens (tertiary/aromatic N) is 4. The van der Waals surface area contributed by atoms with Gasteiger partial charge in [-0.1, -0.05) is 5.16 Å². The van der Waals surface area contributed by atoms with Crippen LogP contribution in [0.2, 0.25) is 0 Å². The van der Waals surface area contributed by atoms with Gasteiger partial charge in [0.05, 0.1) is 11.4 Å². The summed E-state index contributed by atoms with van der Waals surface area (Å²) in [7, 11) is 1.97. The second kappa shape index (κ2) is 2.90. The molecule has 0 saturated carbocycles. The van der Waals surface area contributed by atoms with Gasteiger partial charge in [0, 0.05) is 20.1 Å². The maximum Gasteiger partial charge on any atom is 0.293 e. The fraction of sp³-hybridized carbons (Fsp3) is 0.444. The van der Waals surface area contributed by atoms with Crippen LogP contribution in [0.25, 0.3) is 11.7 Å². The second-order valence-corrected chi connectivity index (χ2v) is 3.64. The fourth-order valence-corrected chi connectivity index (χ4v) is 1.83. The van der Waals surface area contributed by atoms with Gasteiger partial charge in [0.1, 0.15) is 0 Å². The van der Waals surface area contributed by atoms with E-state index < -0.39 is 0 Å². The molecule has 1 N–H and O–H groups in total. The van der Waals surface area contributed by atoms with E-state index in [1.807, 2.05) is 11.6 Å². The van der Waals surface area contributed by atoms with Gasteiger partial charge in [0.2, 0.25) is 0 Å². The molecule has 0 bridgehead atoms. The van der Waals surface area contributed by atoms with Crippen LogP contribution in [0.15, 0.2) is 4.52 Å². The normalized spacial score (nSPS) is 14.5. The molecule has 2 aromatic rings. The third kappa shape index (κ3) is 1.18. The molecule has 0 saturated heterocycles. The van der Waals surface area contributed by atoms with Gasteiger partial charge in [-0.3, -0.25) is 0 Å². The summed E-state index contributed by atoms with van der Waals surface area (Å²) >= 11 is 0. The largest absolute Gasteiger partial charge is 0.331 e. The highest BCUT2D eigenvalue weighted by molar-refractivity contribution is 5.44. The van der Waals surface area contributed by atoms with Gasteiger partial charge in [-0.15, -0.1) is 0 Å². The highest BCUT2D eigenvalue weighted by Crippen LogP contribution is 2.22. The van der Waals surface area contributed by atoms with E-state index >= 15 is 0 Å². The standard InChI is InChI=1S/C9H11N5O/c1-5-11-9(15-13-5)8-12-6-3-10-4-7(6)14(8)2/h10H,3-4H2,1-2H3. The van der Waals surface area contributed by atoms with Crippen molar-refractivity contribution < 1.29 is 4.52 Å². The van der Waals surface area contributed by atoms with Crippen molar-refractivity contribution in [2.45, 2.75) is 20.0 Å². The smallest absolute Gasteiger partial charge is 0.293 e. The number of aromatic nitrogens is 4. The summed E-state index contributed by atoms with van der Waals surface area (Å²) in [6.45, 7) is 3.47. The molecule has 3 rings (SSSR count). The van der Waals surface area contributed by atoms with E-state index in [0.717, 1.165) is 24.6 Å². The molecule has 3 heterocycles. The maximum atomic E-state index is 5.10. The number of rotatable bonds is 1. The van der Waals surface area contributed by atoms with Gasteiger partial charge in [-0.2, -0.15) is 4.98 Å². The Morgan fingerprint density at radius 2 is 2.20 bits per heavy atom. The van der Waals surface area contributed by atoms with Crippen LogP contribution in [0.5, 0.6) is 0 Å². The van der Waals surface area contributed by atoms with Gasteiger partial charge >= 0.3 is 0 Å². The third-order valence-corrected chi connectivity index (χ3v) is 2.60. The average Bonchev–Trinajstić information content (AvgIpc) is 2.84. The molecule has 1 aliphatic heterocycles. The highest BCUT2D eigenvalue weighted by Gasteiger charge is 2.22. The molecular weight excluding hydrogens is 194 g/mol. The molecule has 0 aromatic carbocycles. The zero-order valence-corrected chi connectivity index (χ0v) is 8.61. The molecule has 0 atom stereocenters. The first-order chi connectivity index (χ1) is 7.25. The van der Waals surface area contributed by atoms with Crippen LogP contribution < -0.4 is 5.32 Å². The third-order valence-electron chi connectivity index (χ3n) is 2.60. The van der Waals surface area contributed by atoms with Crippen LogP contribution in [0.4, 0.5) is 0 Å². The summed E-state index contributed by atoms with van der Waals surface area (Å²) in [5.41, 5.74) is 2.27. The Morgan fingerprint density at radius 1 is 1.33 bits per heavy atom. The Hall–Kier alpha value is -1.69. The highest BCUT2D eigenvalue weighted by atomic mass is 16.5. The predicted molar refractivity (Wildman–Crippen MR) is 51.8 cm³/mol. The van der Waals surface area contributed by atoms with Gasteiger partial charge in [0.25, 0.3) is 5.89 Å². The summed E-state index contributed by atoms with van der Waals surface area (Å²) in [4.78, 5) is 8.65. The van der Waals surface area contributed by atoms with Crippen LogP contribution in [0.3, 0.4) is 0 Å². The van der Waals surface area contributed by atoms with Crippen molar-refractivity contribution >= 4 is 0 Å². The molecule has 1 aliphatic rings. The molecule has 0 spiro atoms. The maximum absolute atomic E-state index is 5.10. The molecular formula is C9H11N5O. The first kappa shape index (κ1) is 8.60. The molecule has 78 valence electrons. The molecule has 2 aromatic heterocycles. The lowest BCUT2D eigenvalue weighted by molar-refractivity contribution is 0.421. The number of fused-ring (bicyclic) bond motifs is 1. The minimum Gasteiger partial charge on any atom is -0.331 e.